The Morgan fingerprint density at radius 3 is 2.75 bits per heavy atom. The average Bonchev–Trinajstić information content (AvgIpc) is 2.29. The van der Waals surface area contributed by atoms with E-state index in [9.17, 15) is 4.79 Å². The summed E-state index contributed by atoms with van der Waals surface area (Å²) in [5.41, 5.74) is 1.72. The lowest BCUT2D eigenvalue weighted by Gasteiger charge is -2.02. The molecule has 0 fully saturated rings. The number of nitrogens with one attached hydrogen (secondary N) is 1. The fourth-order valence-corrected chi connectivity index (χ4v) is 1.60. The van der Waals surface area contributed by atoms with E-state index >= 15 is 0 Å². The number of aromatic carboxylic acids is 1. The number of nitrogens with zero attached hydrogens (tertiary/aromatic N) is 1. The van der Waals surface area contributed by atoms with Crippen LogP contribution in [0.15, 0.2) is 36.7 Å². The first-order valence-corrected chi connectivity index (χ1v) is 4.96. The molecule has 80 valence electrons. The predicted octanol–water partition coefficient (Wildman–Crippen LogP) is 2.50. The summed E-state index contributed by atoms with van der Waals surface area (Å²) in [5.74, 6) is -1.03. The number of carboxylic acids is 1. The summed E-state index contributed by atoms with van der Waals surface area (Å²) in [6, 6.07) is 6.84. The zero-order valence-corrected chi connectivity index (χ0v) is 8.99. The van der Waals surface area contributed by atoms with E-state index < -0.39 is 5.97 Å². The molecular weight excluding hydrogens is 224 g/mol. The van der Waals surface area contributed by atoms with Crippen LogP contribution in [0.3, 0.4) is 0 Å². The summed E-state index contributed by atoms with van der Waals surface area (Å²) in [6.45, 7) is 0. The molecule has 0 aromatic carbocycles. The second kappa shape index (κ2) is 4.24. The molecule has 0 radical (unpaired) electrons. The molecule has 0 spiro atoms. The molecule has 2 aromatic rings. The normalized spacial score (nSPS) is 10.0. The number of carboxylic acid groups (broad SMARTS) is 1. The average molecular weight is 232 g/mol. The van der Waals surface area contributed by atoms with Gasteiger partial charge in [0, 0.05) is 23.7 Å². The van der Waals surface area contributed by atoms with Crippen molar-refractivity contribution in [1.29, 1.82) is 0 Å². The van der Waals surface area contributed by atoms with Crippen molar-refractivity contribution in [3.8, 4) is 11.3 Å². The number of aromatic nitrogens is 2. The fraction of sp³-hybridized carbons (Fsp3) is 0. The smallest absolute Gasteiger partial charge is 0.338 e. The van der Waals surface area contributed by atoms with Gasteiger partial charge in [-0.25, -0.2) is 4.79 Å². The first-order valence-electron chi connectivity index (χ1n) is 4.55. The Morgan fingerprint density at radius 2 is 2.19 bits per heavy atom. The van der Waals surface area contributed by atoms with E-state index in [1.165, 1.54) is 6.07 Å². The molecular formula is C11H8N2O2S. The van der Waals surface area contributed by atoms with Gasteiger partial charge in [0.1, 0.15) is 4.64 Å². The molecule has 0 aliphatic carbocycles. The van der Waals surface area contributed by atoms with Gasteiger partial charge >= 0.3 is 5.97 Å². The van der Waals surface area contributed by atoms with Crippen molar-refractivity contribution in [2.75, 3.05) is 0 Å². The molecule has 2 rings (SSSR count). The maximum absolute atomic E-state index is 10.8. The van der Waals surface area contributed by atoms with Crippen molar-refractivity contribution < 1.29 is 9.90 Å². The molecule has 5 heteroatoms. The third-order valence-electron chi connectivity index (χ3n) is 2.11. The minimum Gasteiger partial charge on any atom is -0.478 e. The molecule has 0 aliphatic heterocycles. The Kier molecular flexibility index (Phi) is 2.78. The monoisotopic (exact) mass is 232 g/mol. The molecule has 0 aliphatic rings. The Balaban J connectivity index is 2.51. The van der Waals surface area contributed by atoms with Gasteiger partial charge in [-0.1, -0.05) is 12.2 Å². The third kappa shape index (κ3) is 1.99. The highest BCUT2D eigenvalue weighted by Gasteiger charge is 2.06. The predicted molar refractivity (Wildman–Crippen MR) is 61.8 cm³/mol. The summed E-state index contributed by atoms with van der Waals surface area (Å²) < 4.78 is 0.217. The van der Waals surface area contributed by atoms with Crippen molar-refractivity contribution in [2.24, 2.45) is 0 Å². The first kappa shape index (κ1) is 10.5. The molecule has 2 heterocycles. The molecule has 2 aromatic heterocycles. The molecule has 16 heavy (non-hydrogen) atoms. The third-order valence-corrected chi connectivity index (χ3v) is 2.43. The highest BCUT2D eigenvalue weighted by Crippen LogP contribution is 2.16. The van der Waals surface area contributed by atoms with Crippen LogP contribution in [-0.2, 0) is 0 Å². The quantitative estimate of drug-likeness (QED) is 0.781. The maximum Gasteiger partial charge on any atom is 0.338 e. The van der Waals surface area contributed by atoms with E-state index in [4.69, 9.17) is 17.3 Å². The number of hydrogen-bond donors (Lipinski definition) is 2. The lowest BCUT2D eigenvalue weighted by molar-refractivity contribution is 0.0696. The maximum atomic E-state index is 10.8. The van der Waals surface area contributed by atoms with Crippen molar-refractivity contribution in [3.05, 3.63) is 46.9 Å². The number of carbonyl (C=O) groups is 1. The zero-order valence-electron chi connectivity index (χ0n) is 8.18. The molecule has 0 atom stereocenters. The lowest BCUT2D eigenvalue weighted by atomic mass is 10.1. The topological polar surface area (TPSA) is 66.0 Å². The summed E-state index contributed by atoms with van der Waals surface area (Å²) in [6.07, 6.45) is 3.35. The van der Waals surface area contributed by atoms with E-state index in [0.717, 1.165) is 11.3 Å². The van der Waals surface area contributed by atoms with Crippen LogP contribution >= 0.6 is 12.2 Å². The SMILES string of the molecule is O=C(O)c1ccc(-c2cccnc2)[nH]c1=S. The Morgan fingerprint density at radius 1 is 1.38 bits per heavy atom. The molecule has 0 amide bonds. The van der Waals surface area contributed by atoms with Gasteiger partial charge in [0.15, 0.2) is 0 Å². The van der Waals surface area contributed by atoms with Gasteiger partial charge in [-0.15, -0.1) is 0 Å². The Bertz CT molecular complexity index is 578. The number of rotatable bonds is 2. The highest BCUT2D eigenvalue weighted by molar-refractivity contribution is 7.71. The minimum atomic E-state index is -1.03. The van der Waals surface area contributed by atoms with E-state index in [1.54, 1.807) is 24.5 Å². The van der Waals surface area contributed by atoms with Gasteiger partial charge in [-0.2, -0.15) is 0 Å². The van der Waals surface area contributed by atoms with E-state index in [0.29, 0.717) is 0 Å². The summed E-state index contributed by atoms with van der Waals surface area (Å²) in [7, 11) is 0. The first-order chi connectivity index (χ1) is 7.68. The Labute approximate surface area is 96.6 Å². The summed E-state index contributed by atoms with van der Waals surface area (Å²) in [4.78, 5) is 17.6. The molecule has 0 saturated carbocycles. The number of aromatic amines is 1. The molecule has 0 bridgehead atoms. The lowest BCUT2D eigenvalue weighted by Crippen LogP contribution is -1.99. The number of pyridine rings is 2. The van der Waals surface area contributed by atoms with Gasteiger partial charge < -0.3 is 10.1 Å². The van der Waals surface area contributed by atoms with Crippen LogP contribution in [0.4, 0.5) is 0 Å². The van der Waals surface area contributed by atoms with Crippen LogP contribution in [0.25, 0.3) is 11.3 Å². The van der Waals surface area contributed by atoms with Crippen molar-refractivity contribution in [2.45, 2.75) is 0 Å². The van der Waals surface area contributed by atoms with Crippen molar-refractivity contribution >= 4 is 18.2 Å². The molecule has 0 unspecified atom stereocenters. The standard InChI is InChI=1S/C11H8N2O2S/c14-11(15)8-3-4-9(13-10(8)16)7-2-1-5-12-6-7/h1-6H,(H,13,16)(H,14,15). The molecule has 0 saturated heterocycles. The zero-order chi connectivity index (χ0) is 11.5. The fourth-order valence-electron chi connectivity index (χ4n) is 1.33. The van der Waals surface area contributed by atoms with Crippen LogP contribution in [0, 0.1) is 4.64 Å². The molecule has 2 N–H and O–H groups in total. The second-order valence-corrected chi connectivity index (χ2v) is 3.57. The van der Waals surface area contributed by atoms with Gasteiger partial charge in [0.25, 0.3) is 0 Å². The van der Waals surface area contributed by atoms with Crippen molar-refractivity contribution in [3.63, 3.8) is 0 Å². The van der Waals surface area contributed by atoms with Crippen LogP contribution in [-0.4, -0.2) is 21.0 Å². The number of H-pyrrole nitrogens is 1. The van der Waals surface area contributed by atoms with E-state index in [2.05, 4.69) is 9.97 Å². The van der Waals surface area contributed by atoms with Gasteiger partial charge in [0.05, 0.1) is 5.56 Å². The minimum absolute atomic E-state index is 0.0997. The largest absolute Gasteiger partial charge is 0.478 e. The van der Waals surface area contributed by atoms with Crippen molar-refractivity contribution in [1.82, 2.24) is 9.97 Å². The van der Waals surface area contributed by atoms with E-state index in [-0.39, 0.29) is 10.2 Å². The second-order valence-electron chi connectivity index (χ2n) is 3.16. The van der Waals surface area contributed by atoms with Crippen LogP contribution < -0.4 is 0 Å². The Hall–Kier alpha value is -2.01. The van der Waals surface area contributed by atoms with E-state index in [1.807, 2.05) is 6.07 Å². The van der Waals surface area contributed by atoms with Gasteiger partial charge in [-0.05, 0) is 24.3 Å². The van der Waals surface area contributed by atoms with Crippen LogP contribution in [0.5, 0.6) is 0 Å². The van der Waals surface area contributed by atoms with Gasteiger partial charge in [-0.3, -0.25) is 4.98 Å². The van der Waals surface area contributed by atoms with Crippen LogP contribution in [0.2, 0.25) is 0 Å². The van der Waals surface area contributed by atoms with Crippen LogP contribution in [0.1, 0.15) is 10.4 Å². The summed E-state index contributed by atoms with van der Waals surface area (Å²) in [5, 5.41) is 8.83. The summed E-state index contributed by atoms with van der Waals surface area (Å²) >= 11 is 4.96. The molecule has 4 nitrogen and oxygen atoms in total. The highest BCUT2D eigenvalue weighted by atomic mass is 32.1. The van der Waals surface area contributed by atoms with Gasteiger partial charge in [0.2, 0.25) is 0 Å². The number of hydrogen-bond acceptors (Lipinski definition) is 3.